The van der Waals surface area contributed by atoms with Crippen molar-refractivity contribution in [2.45, 2.75) is 82.8 Å². The van der Waals surface area contributed by atoms with Gasteiger partial charge in [-0.1, -0.05) is 25.7 Å². The van der Waals surface area contributed by atoms with Crippen LogP contribution in [0.5, 0.6) is 0 Å². The van der Waals surface area contributed by atoms with Gasteiger partial charge in [0.25, 0.3) is 11.8 Å². The highest BCUT2D eigenvalue weighted by Crippen LogP contribution is 2.27. The van der Waals surface area contributed by atoms with Crippen LogP contribution in [0.1, 0.15) is 85.7 Å². The Balaban J connectivity index is 1.53. The van der Waals surface area contributed by atoms with Gasteiger partial charge in [0.1, 0.15) is 11.2 Å². The van der Waals surface area contributed by atoms with E-state index < -0.39 is 5.54 Å². The Hall–Kier alpha value is -2.38. The lowest BCUT2D eigenvalue weighted by Gasteiger charge is -2.41. The van der Waals surface area contributed by atoms with Gasteiger partial charge in [-0.25, -0.2) is 0 Å². The molecule has 0 bridgehead atoms. The van der Waals surface area contributed by atoms with E-state index in [1.165, 1.54) is 17.7 Å². The van der Waals surface area contributed by atoms with E-state index in [1.807, 2.05) is 4.90 Å². The molecule has 0 radical (unpaired) electrons. The van der Waals surface area contributed by atoms with E-state index in [0.717, 1.165) is 58.0 Å². The molecule has 3 heterocycles. The number of carbonyl (C=O) groups is 3. The number of likely N-dealkylation sites (N-methyl/N-ethyl adjacent to an activating group) is 1. The Morgan fingerprint density at radius 2 is 1.70 bits per heavy atom. The lowest BCUT2D eigenvalue weighted by atomic mass is 9.95. The van der Waals surface area contributed by atoms with Crippen molar-refractivity contribution in [3.63, 3.8) is 0 Å². The molecule has 30 heavy (non-hydrogen) atoms. The van der Waals surface area contributed by atoms with Gasteiger partial charge < -0.3 is 15.1 Å². The highest BCUT2D eigenvalue weighted by molar-refractivity contribution is 6.01. The number of hydrogen-bond acceptors (Lipinski definition) is 4. The zero-order valence-electron chi connectivity index (χ0n) is 18.2. The van der Waals surface area contributed by atoms with Gasteiger partial charge in [-0.05, 0) is 39.0 Å². The van der Waals surface area contributed by atoms with Gasteiger partial charge in [-0.3, -0.25) is 19.1 Å². The first-order chi connectivity index (χ1) is 14.4. The molecule has 164 valence electrons. The van der Waals surface area contributed by atoms with Crippen molar-refractivity contribution >= 4 is 17.7 Å². The van der Waals surface area contributed by atoms with Crippen LogP contribution in [0.15, 0.2) is 6.07 Å². The average molecular weight is 416 g/mol. The Labute approximate surface area is 178 Å². The van der Waals surface area contributed by atoms with E-state index in [0.29, 0.717) is 11.4 Å². The predicted molar refractivity (Wildman–Crippen MR) is 112 cm³/mol. The summed E-state index contributed by atoms with van der Waals surface area (Å²) >= 11 is 0. The van der Waals surface area contributed by atoms with Crippen molar-refractivity contribution < 1.29 is 14.4 Å². The second-order valence-corrected chi connectivity index (χ2v) is 9.23. The average Bonchev–Trinajstić information content (AvgIpc) is 3.00. The summed E-state index contributed by atoms with van der Waals surface area (Å²) in [5.74, 6) is -0.545. The molecule has 4 rings (SSSR count). The number of likely N-dealkylation sites (tertiary alicyclic amines) is 1. The van der Waals surface area contributed by atoms with Crippen molar-refractivity contribution in [1.82, 2.24) is 24.9 Å². The second-order valence-electron chi connectivity index (χ2n) is 9.23. The molecule has 3 aliphatic rings. The van der Waals surface area contributed by atoms with Gasteiger partial charge >= 0.3 is 0 Å². The van der Waals surface area contributed by atoms with Crippen LogP contribution in [0.25, 0.3) is 0 Å². The standard InChI is InChI=1S/C22H33N5O3/c1-22(21(30)23-16-10-6-3-4-7-11-16)15-27-18(20(29)25(22)2)14-17(24-27)19(28)26-12-8-5-9-13-26/h14,16H,3-13,15H2,1-2H3,(H,23,30). The Morgan fingerprint density at radius 3 is 2.37 bits per heavy atom. The van der Waals surface area contributed by atoms with Gasteiger partial charge in [0.05, 0.1) is 6.54 Å². The van der Waals surface area contributed by atoms with Crippen LogP contribution in [-0.2, 0) is 11.3 Å². The van der Waals surface area contributed by atoms with E-state index in [1.54, 1.807) is 24.7 Å². The van der Waals surface area contributed by atoms with Crippen molar-refractivity contribution in [1.29, 1.82) is 0 Å². The number of amides is 3. The van der Waals surface area contributed by atoms with Crippen LogP contribution < -0.4 is 5.32 Å². The summed E-state index contributed by atoms with van der Waals surface area (Å²) in [6.45, 7) is 3.50. The molecule has 8 heteroatoms. The van der Waals surface area contributed by atoms with Gasteiger partial charge in [-0.15, -0.1) is 0 Å². The lowest BCUT2D eigenvalue weighted by molar-refractivity contribution is -0.133. The maximum atomic E-state index is 13.2. The Bertz CT molecular complexity index is 821. The zero-order chi connectivity index (χ0) is 21.3. The van der Waals surface area contributed by atoms with Gasteiger partial charge in [-0.2, -0.15) is 5.10 Å². The number of aromatic nitrogens is 2. The molecule has 1 saturated heterocycles. The topological polar surface area (TPSA) is 87.5 Å². The summed E-state index contributed by atoms with van der Waals surface area (Å²) in [4.78, 5) is 42.4. The largest absolute Gasteiger partial charge is 0.351 e. The molecule has 1 unspecified atom stereocenters. The fourth-order valence-electron chi connectivity index (χ4n) is 4.86. The quantitative estimate of drug-likeness (QED) is 0.767. The van der Waals surface area contributed by atoms with Crippen LogP contribution in [0.3, 0.4) is 0 Å². The minimum atomic E-state index is -1.03. The number of piperidine rings is 1. The molecule has 1 N–H and O–H groups in total. The second kappa shape index (κ2) is 8.40. The summed E-state index contributed by atoms with van der Waals surface area (Å²) in [5.41, 5.74) is -0.368. The molecular weight excluding hydrogens is 382 g/mol. The van der Waals surface area contributed by atoms with Crippen LogP contribution in [0, 0.1) is 0 Å². The fourth-order valence-corrected chi connectivity index (χ4v) is 4.86. The van der Waals surface area contributed by atoms with Crippen molar-refractivity contribution in [2.24, 2.45) is 0 Å². The highest BCUT2D eigenvalue weighted by Gasteiger charge is 2.47. The predicted octanol–water partition coefficient (Wildman–Crippen LogP) is 2.19. The fraction of sp³-hybridized carbons (Fsp3) is 0.727. The third kappa shape index (κ3) is 3.84. The minimum Gasteiger partial charge on any atom is -0.351 e. The van der Waals surface area contributed by atoms with E-state index in [9.17, 15) is 14.4 Å². The molecule has 0 aromatic carbocycles. The third-order valence-corrected chi connectivity index (χ3v) is 7.04. The van der Waals surface area contributed by atoms with E-state index in [4.69, 9.17) is 0 Å². The molecule has 2 fully saturated rings. The van der Waals surface area contributed by atoms with E-state index in [2.05, 4.69) is 10.4 Å². The number of hydrogen-bond donors (Lipinski definition) is 1. The van der Waals surface area contributed by atoms with E-state index in [-0.39, 0.29) is 30.3 Å². The summed E-state index contributed by atoms with van der Waals surface area (Å²) in [7, 11) is 1.66. The molecule has 2 aliphatic heterocycles. The maximum absolute atomic E-state index is 13.2. The molecule has 1 aromatic heterocycles. The number of rotatable bonds is 3. The third-order valence-electron chi connectivity index (χ3n) is 7.04. The molecule has 8 nitrogen and oxygen atoms in total. The minimum absolute atomic E-state index is 0.128. The van der Waals surface area contributed by atoms with Gasteiger partial charge in [0.15, 0.2) is 5.69 Å². The first-order valence-electron chi connectivity index (χ1n) is 11.4. The van der Waals surface area contributed by atoms with Crippen LogP contribution in [0.4, 0.5) is 0 Å². The molecule has 1 aromatic rings. The zero-order valence-corrected chi connectivity index (χ0v) is 18.2. The first kappa shape index (κ1) is 20.9. The molecule has 3 amide bonds. The van der Waals surface area contributed by atoms with Crippen LogP contribution >= 0.6 is 0 Å². The molecule has 1 atom stereocenters. The molecule has 1 saturated carbocycles. The molecule has 0 spiro atoms. The van der Waals surface area contributed by atoms with E-state index >= 15 is 0 Å². The lowest BCUT2D eigenvalue weighted by Crippen LogP contribution is -2.63. The SMILES string of the molecule is CN1C(=O)c2cc(C(=O)N3CCCCC3)nn2CC1(C)C(=O)NC1CCCCCC1. The highest BCUT2D eigenvalue weighted by atomic mass is 16.2. The normalized spacial score (nSPS) is 25.6. The van der Waals surface area contributed by atoms with Gasteiger partial charge in [0.2, 0.25) is 5.91 Å². The summed E-state index contributed by atoms with van der Waals surface area (Å²) in [6.07, 6.45) is 9.80. The number of fused-ring (bicyclic) bond motifs is 1. The maximum Gasteiger partial charge on any atom is 0.274 e. The van der Waals surface area contributed by atoms with Crippen molar-refractivity contribution in [3.8, 4) is 0 Å². The van der Waals surface area contributed by atoms with Crippen LogP contribution in [-0.4, -0.2) is 69.0 Å². The summed E-state index contributed by atoms with van der Waals surface area (Å²) in [6, 6.07) is 1.74. The number of nitrogens with zero attached hydrogens (tertiary/aromatic N) is 4. The summed E-state index contributed by atoms with van der Waals surface area (Å²) in [5, 5.41) is 7.63. The van der Waals surface area contributed by atoms with Gasteiger partial charge in [0, 0.05) is 32.2 Å². The number of nitrogens with one attached hydrogen (secondary N) is 1. The van der Waals surface area contributed by atoms with Crippen molar-refractivity contribution in [3.05, 3.63) is 17.5 Å². The van der Waals surface area contributed by atoms with Crippen LogP contribution in [0.2, 0.25) is 0 Å². The molecule has 1 aliphatic carbocycles. The molecular formula is C22H33N5O3. The first-order valence-corrected chi connectivity index (χ1v) is 11.4. The Kier molecular flexibility index (Phi) is 5.84. The monoisotopic (exact) mass is 415 g/mol. The number of carbonyl (C=O) groups excluding carboxylic acids is 3. The smallest absolute Gasteiger partial charge is 0.274 e. The Morgan fingerprint density at radius 1 is 1.07 bits per heavy atom. The summed E-state index contributed by atoms with van der Waals surface area (Å²) < 4.78 is 1.55. The van der Waals surface area contributed by atoms with Crippen molar-refractivity contribution in [2.75, 3.05) is 20.1 Å².